The van der Waals surface area contributed by atoms with Gasteiger partial charge in [0.1, 0.15) is 5.60 Å². The van der Waals surface area contributed by atoms with E-state index in [1.807, 2.05) is 15.8 Å². The van der Waals surface area contributed by atoms with Gasteiger partial charge in [0.2, 0.25) is 0 Å². The Balaban J connectivity index is 1.56. The minimum atomic E-state index is -0.266. The number of nitrogens with zero attached hydrogens (tertiary/aromatic N) is 4. The number of carbonyl (C=O) groups excluding carboxylic acids is 1. The fourth-order valence-corrected chi connectivity index (χ4v) is 4.14. The highest BCUT2D eigenvalue weighted by atomic mass is 16.6. The molecule has 3 heterocycles. The molecule has 0 unspecified atom stereocenters. The molecule has 1 aromatic rings. The number of piperidine rings is 1. The second kappa shape index (κ2) is 7.36. The van der Waals surface area contributed by atoms with Crippen molar-refractivity contribution in [1.82, 2.24) is 19.6 Å². The maximum Gasteiger partial charge on any atom is 0.410 e. The molecule has 140 valence electrons. The lowest BCUT2D eigenvalue weighted by molar-refractivity contribution is -0.00136. The molecule has 1 amide bonds. The van der Waals surface area contributed by atoms with Crippen LogP contribution in [0.5, 0.6) is 0 Å². The van der Waals surface area contributed by atoms with Gasteiger partial charge in [-0.15, -0.1) is 0 Å². The molecule has 0 radical (unpaired) electrons. The van der Waals surface area contributed by atoms with Crippen LogP contribution in [0.3, 0.4) is 0 Å². The highest BCUT2D eigenvalue weighted by Gasteiger charge is 2.47. The van der Waals surface area contributed by atoms with Gasteiger partial charge in [0.15, 0.2) is 0 Å². The number of ether oxygens (including phenoxy) is 1. The third-order valence-corrected chi connectivity index (χ3v) is 5.90. The number of carbonyl (C=O) groups is 1. The summed E-state index contributed by atoms with van der Waals surface area (Å²) in [5, 5.41) is 4.44. The van der Waals surface area contributed by atoms with Crippen LogP contribution in [0.15, 0.2) is 6.20 Å². The number of aromatic nitrogens is 2. The van der Waals surface area contributed by atoms with Crippen LogP contribution in [-0.2, 0) is 17.8 Å². The maximum absolute atomic E-state index is 12.3. The van der Waals surface area contributed by atoms with Gasteiger partial charge in [-0.1, -0.05) is 13.3 Å². The molecule has 6 nitrogen and oxygen atoms in total. The first-order valence-corrected chi connectivity index (χ1v) is 9.71. The first-order chi connectivity index (χ1) is 12.0. The van der Waals surface area contributed by atoms with Crippen molar-refractivity contribution in [2.45, 2.75) is 78.1 Å². The first kappa shape index (κ1) is 18.2. The van der Waals surface area contributed by atoms with Crippen LogP contribution in [0.25, 0.3) is 0 Å². The molecule has 1 spiro atoms. The van der Waals surface area contributed by atoms with Crippen LogP contribution in [0, 0.1) is 6.92 Å². The van der Waals surface area contributed by atoms with E-state index >= 15 is 0 Å². The number of hydrogen-bond acceptors (Lipinski definition) is 4. The van der Waals surface area contributed by atoms with Crippen molar-refractivity contribution in [3.8, 4) is 0 Å². The molecular weight excluding hydrogens is 316 g/mol. The molecule has 0 bridgehead atoms. The van der Waals surface area contributed by atoms with E-state index in [-0.39, 0.29) is 17.7 Å². The second-order valence-electron chi connectivity index (χ2n) is 7.66. The van der Waals surface area contributed by atoms with E-state index in [2.05, 4.69) is 37.7 Å². The quantitative estimate of drug-likeness (QED) is 0.792. The predicted octanol–water partition coefficient (Wildman–Crippen LogP) is 3.19. The fourth-order valence-electron chi connectivity index (χ4n) is 4.14. The highest BCUT2D eigenvalue weighted by Crippen LogP contribution is 2.35. The van der Waals surface area contributed by atoms with Gasteiger partial charge >= 0.3 is 6.09 Å². The Morgan fingerprint density at radius 2 is 2.04 bits per heavy atom. The molecule has 2 aliphatic rings. The van der Waals surface area contributed by atoms with E-state index in [0.29, 0.717) is 0 Å². The van der Waals surface area contributed by atoms with Crippen molar-refractivity contribution in [3.63, 3.8) is 0 Å². The SMILES string of the molecule is CCC[C@H](C)N1CC2(CCN(Cc3cnn(CC)c3C)CC2)OC1=O. The Morgan fingerprint density at radius 1 is 1.32 bits per heavy atom. The molecule has 0 aromatic carbocycles. The third-order valence-electron chi connectivity index (χ3n) is 5.90. The van der Waals surface area contributed by atoms with Crippen molar-refractivity contribution in [2.24, 2.45) is 0 Å². The Kier molecular flexibility index (Phi) is 5.37. The molecule has 0 saturated carbocycles. The molecule has 3 rings (SSSR count). The molecule has 2 saturated heterocycles. The lowest BCUT2D eigenvalue weighted by Crippen LogP contribution is -2.47. The van der Waals surface area contributed by atoms with Crippen molar-refractivity contribution in [2.75, 3.05) is 19.6 Å². The predicted molar refractivity (Wildman–Crippen MR) is 97.4 cm³/mol. The van der Waals surface area contributed by atoms with Crippen LogP contribution in [0.4, 0.5) is 4.79 Å². The van der Waals surface area contributed by atoms with Crippen molar-refractivity contribution in [1.29, 1.82) is 0 Å². The largest absolute Gasteiger partial charge is 0.441 e. The maximum atomic E-state index is 12.3. The summed E-state index contributed by atoms with van der Waals surface area (Å²) >= 11 is 0. The van der Waals surface area contributed by atoms with Gasteiger partial charge in [-0.2, -0.15) is 5.10 Å². The molecule has 2 fully saturated rings. The summed E-state index contributed by atoms with van der Waals surface area (Å²) in [7, 11) is 0. The summed E-state index contributed by atoms with van der Waals surface area (Å²) in [5.41, 5.74) is 2.30. The van der Waals surface area contributed by atoms with Gasteiger partial charge in [-0.25, -0.2) is 4.79 Å². The number of hydrogen-bond donors (Lipinski definition) is 0. The zero-order valence-electron chi connectivity index (χ0n) is 16.1. The Bertz CT molecular complexity index is 605. The number of likely N-dealkylation sites (tertiary alicyclic amines) is 1. The average molecular weight is 348 g/mol. The smallest absolute Gasteiger partial charge is 0.410 e. The summed E-state index contributed by atoms with van der Waals surface area (Å²) in [6.45, 7) is 13.1. The van der Waals surface area contributed by atoms with E-state index in [1.165, 1.54) is 11.3 Å². The van der Waals surface area contributed by atoms with Crippen LogP contribution in [-0.4, -0.2) is 57.0 Å². The lowest BCUT2D eigenvalue weighted by Gasteiger charge is -2.37. The van der Waals surface area contributed by atoms with Crippen LogP contribution in [0.1, 0.15) is 57.7 Å². The molecule has 2 aliphatic heterocycles. The third kappa shape index (κ3) is 3.68. The van der Waals surface area contributed by atoms with E-state index in [1.54, 1.807) is 0 Å². The molecule has 0 aliphatic carbocycles. The molecule has 1 aromatic heterocycles. The summed E-state index contributed by atoms with van der Waals surface area (Å²) in [5.74, 6) is 0. The van der Waals surface area contributed by atoms with Crippen molar-refractivity contribution >= 4 is 6.09 Å². The first-order valence-electron chi connectivity index (χ1n) is 9.71. The van der Waals surface area contributed by atoms with Gasteiger partial charge in [-0.05, 0) is 27.2 Å². The number of rotatable bonds is 6. The van der Waals surface area contributed by atoms with Gasteiger partial charge in [-0.3, -0.25) is 9.58 Å². The van der Waals surface area contributed by atoms with Crippen LogP contribution >= 0.6 is 0 Å². The Labute approximate surface area is 151 Å². The molecule has 6 heteroatoms. The van der Waals surface area contributed by atoms with E-state index in [0.717, 1.165) is 58.4 Å². The van der Waals surface area contributed by atoms with Gasteiger partial charge < -0.3 is 9.64 Å². The fraction of sp³-hybridized carbons (Fsp3) is 0.789. The van der Waals surface area contributed by atoms with Crippen molar-refractivity contribution < 1.29 is 9.53 Å². The van der Waals surface area contributed by atoms with Gasteiger partial charge in [0, 0.05) is 56.3 Å². The minimum Gasteiger partial charge on any atom is -0.441 e. The van der Waals surface area contributed by atoms with Gasteiger partial charge in [0.05, 0.1) is 12.7 Å². The van der Waals surface area contributed by atoms with Gasteiger partial charge in [0.25, 0.3) is 0 Å². The zero-order chi connectivity index (χ0) is 18.0. The number of amides is 1. The number of aryl methyl sites for hydroxylation is 1. The van der Waals surface area contributed by atoms with Crippen molar-refractivity contribution in [3.05, 3.63) is 17.5 Å². The molecule has 0 N–H and O–H groups in total. The summed E-state index contributed by atoms with van der Waals surface area (Å²) < 4.78 is 7.91. The highest BCUT2D eigenvalue weighted by molar-refractivity contribution is 5.71. The second-order valence-corrected chi connectivity index (χ2v) is 7.66. The Hall–Kier alpha value is -1.56. The van der Waals surface area contributed by atoms with Crippen LogP contribution < -0.4 is 0 Å². The molecule has 1 atom stereocenters. The lowest BCUT2D eigenvalue weighted by atomic mass is 9.90. The van der Waals surface area contributed by atoms with E-state index < -0.39 is 0 Å². The molecule has 25 heavy (non-hydrogen) atoms. The Morgan fingerprint density at radius 3 is 2.64 bits per heavy atom. The standard InChI is InChI=1S/C19H32N4O2/c1-5-7-15(3)22-14-19(25-18(22)24)8-10-21(11-9-19)13-17-12-20-23(6-2)16(17)4/h12,15H,5-11,13-14H2,1-4H3/t15-/m0/s1. The monoisotopic (exact) mass is 348 g/mol. The normalized spacial score (nSPS) is 21.8. The topological polar surface area (TPSA) is 50.6 Å². The average Bonchev–Trinajstić information content (AvgIpc) is 3.11. The summed E-state index contributed by atoms with van der Waals surface area (Å²) in [6, 6.07) is 0.275. The minimum absolute atomic E-state index is 0.116. The summed E-state index contributed by atoms with van der Waals surface area (Å²) in [6.07, 6.45) is 5.86. The van der Waals surface area contributed by atoms with E-state index in [9.17, 15) is 4.79 Å². The molecular formula is C19H32N4O2. The zero-order valence-corrected chi connectivity index (χ0v) is 16.1. The summed E-state index contributed by atoms with van der Waals surface area (Å²) in [4.78, 5) is 16.7. The van der Waals surface area contributed by atoms with Crippen LogP contribution in [0.2, 0.25) is 0 Å². The van der Waals surface area contributed by atoms with E-state index in [4.69, 9.17) is 4.74 Å².